The molecule has 1 unspecified atom stereocenters. The largest absolute Gasteiger partial charge is 0.344 e. The minimum atomic E-state index is -0.642. The van der Waals surface area contributed by atoms with Gasteiger partial charge in [-0.3, -0.25) is 14.4 Å². The van der Waals surface area contributed by atoms with E-state index in [1.807, 2.05) is 6.92 Å². The number of aromatic nitrogens is 2. The molecule has 0 saturated carbocycles. The van der Waals surface area contributed by atoms with Crippen molar-refractivity contribution < 1.29 is 9.59 Å². The van der Waals surface area contributed by atoms with Gasteiger partial charge in [0.25, 0.3) is 11.5 Å². The third-order valence-electron chi connectivity index (χ3n) is 2.48. The smallest absolute Gasteiger partial charge is 0.272 e. The molecule has 0 aliphatic heterocycles. The van der Waals surface area contributed by atoms with Crippen LogP contribution < -0.4 is 10.9 Å². The third kappa shape index (κ3) is 3.41. The number of hydrogen-bond donors (Lipinski definition) is 2. The highest BCUT2D eigenvalue weighted by atomic mass is 16.2. The molecule has 0 spiro atoms. The van der Waals surface area contributed by atoms with Gasteiger partial charge in [-0.1, -0.05) is 0 Å². The Hall–Kier alpha value is -2.18. The molecule has 98 valence electrons. The zero-order valence-corrected chi connectivity index (χ0v) is 10.6. The van der Waals surface area contributed by atoms with Gasteiger partial charge in [-0.15, -0.1) is 0 Å². The fourth-order valence-electron chi connectivity index (χ4n) is 1.29. The molecule has 0 aromatic carbocycles. The molecule has 1 aromatic rings. The van der Waals surface area contributed by atoms with Crippen molar-refractivity contribution in [2.24, 2.45) is 0 Å². The number of carbonyl (C=O) groups is 2. The molecule has 1 heterocycles. The quantitative estimate of drug-likeness (QED) is 0.745. The van der Waals surface area contributed by atoms with Gasteiger partial charge < -0.3 is 10.2 Å². The number of nitrogens with zero attached hydrogens (tertiary/aromatic N) is 2. The molecule has 0 radical (unpaired) electrons. The molecule has 1 aromatic heterocycles. The first-order valence-electron chi connectivity index (χ1n) is 5.57. The van der Waals surface area contributed by atoms with E-state index in [9.17, 15) is 14.4 Å². The second-order valence-corrected chi connectivity index (χ2v) is 3.85. The lowest BCUT2D eigenvalue weighted by Gasteiger charge is -2.20. The van der Waals surface area contributed by atoms with Crippen molar-refractivity contribution >= 4 is 11.8 Å². The molecule has 0 aliphatic carbocycles. The van der Waals surface area contributed by atoms with Crippen LogP contribution >= 0.6 is 0 Å². The average molecular weight is 252 g/mol. The topological polar surface area (TPSA) is 95.2 Å². The molecule has 7 heteroatoms. The fourth-order valence-corrected chi connectivity index (χ4v) is 1.29. The lowest BCUT2D eigenvalue weighted by atomic mass is 10.2. The maximum atomic E-state index is 11.7. The zero-order chi connectivity index (χ0) is 13.7. The molecule has 2 amide bonds. The first-order chi connectivity index (χ1) is 8.45. The number of aromatic amines is 1. The Kier molecular flexibility index (Phi) is 4.59. The van der Waals surface area contributed by atoms with Crippen molar-refractivity contribution in [2.45, 2.75) is 19.9 Å². The summed E-state index contributed by atoms with van der Waals surface area (Å²) in [6.45, 7) is 4.00. The molecular formula is C11H16N4O3. The molecule has 2 N–H and O–H groups in total. The third-order valence-corrected chi connectivity index (χ3v) is 2.48. The summed E-state index contributed by atoms with van der Waals surface area (Å²) in [6.07, 6.45) is 0. The van der Waals surface area contributed by atoms with Crippen LogP contribution in [0.4, 0.5) is 0 Å². The van der Waals surface area contributed by atoms with Crippen molar-refractivity contribution in [3.63, 3.8) is 0 Å². The molecular weight excluding hydrogens is 236 g/mol. The summed E-state index contributed by atoms with van der Waals surface area (Å²) in [5.74, 6) is -0.688. The standard InChI is InChI=1S/C11H16N4O3/c1-4-15(3)11(18)7(2)12-10(17)8-5-6-9(16)14-13-8/h5-7H,4H2,1-3H3,(H,12,17)(H,14,16). The lowest BCUT2D eigenvalue weighted by Crippen LogP contribution is -2.45. The summed E-state index contributed by atoms with van der Waals surface area (Å²) in [6, 6.07) is 1.86. The Labute approximate surface area is 104 Å². The molecule has 0 aliphatic rings. The second-order valence-electron chi connectivity index (χ2n) is 3.85. The van der Waals surface area contributed by atoms with E-state index in [0.29, 0.717) is 6.54 Å². The first kappa shape index (κ1) is 13.9. The van der Waals surface area contributed by atoms with Crippen LogP contribution in [0.2, 0.25) is 0 Å². The predicted molar refractivity (Wildman–Crippen MR) is 65.1 cm³/mol. The van der Waals surface area contributed by atoms with Gasteiger partial charge in [-0.05, 0) is 19.9 Å². The number of carbonyl (C=O) groups excluding carboxylic acids is 2. The number of likely N-dealkylation sites (N-methyl/N-ethyl adjacent to an activating group) is 1. The van der Waals surface area contributed by atoms with Gasteiger partial charge in [0.05, 0.1) is 0 Å². The molecule has 1 rings (SSSR count). The van der Waals surface area contributed by atoms with Crippen molar-refractivity contribution in [1.29, 1.82) is 0 Å². The molecule has 0 bridgehead atoms. The highest BCUT2D eigenvalue weighted by molar-refractivity contribution is 5.95. The average Bonchev–Trinajstić information content (AvgIpc) is 2.37. The van der Waals surface area contributed by atoms with Crippen LogP contribution in [0.25, 0.3) is 0 Å². The summed E-state index contributed by atoms with van der Waals surface area (Å²) >= 11 is 0. The number of hydrogen-bond acceptors (Lipinski definition) is 4. The normalized spacial score (nSPS) is 11.7. The Morgan fingerprint density at radius 1 is 1.50 bits per heavy atom. The zero-order valence-electron chi connectivity index (χ0n) is 10.6. The van der Waals surface area contributed by atoms with E-state index >= 15 is 0 Å². The monoisotopic (exact) mass is 252 g/mol. The highest BCUT2D eigenvalue weighted by Crippen LogP contribution is 1.95. The fraction of sp³-hybridized carbons (Fsp3) is 0.455. The van der Waals surface area contributed by atoms with E-state index in [0.717, 1.165) is 0 Å². The number of H-pyrrole nitrogens is 1. The Morgan fingerprint density at radius 3 is 2.67 bits per heavy atom. The van der Waals surface area contributed by atoms with Crippen molar-refractivity contribution in [2.75, 3.05) is 13.6 Å². The van der Waals surface area contributed by atoms with Crippen LogP contribution in [0.1, 0.15) is 24.3 Å². The molecule has 0 fully saturated rings. The lowest BCUT2D eigenvalue weighted by molar-refractivity contribution is -0.131. The van der Waals surface area contributed by atoms with Crippen LogP contribution in [0, 0.1) is 0 Å². The van der Waals surface area contributed by atoms with Crippen LogP contribution in [0.5, 0.6) is 0 Å². The Morgan fingerprint density at radius 2 is 2.17 bits per heavy atom. The van der Waals surface area contributed by atoms with E-state index in [2.05, 4.69) is 15.5 Å². The van der Waals surface area contributed by atoms with Gasteiger partial charge in [0.1, 0.15) is 11.7 Å². The van der Waals surface area contributed by atoms with Gasteiger partial charge in [0.15, 0.2) is 0 Å². The summed E-state index contributed by atoms with van der Waals surface area (Å²) < 4.78 is 0. The summed E-state index contributed by atoms with van der Waals surface area (Å²) in [5.41, 5.74) is -0.324. The Bertz CT molecular complexity index is 477. The van der Waals surface area contributed by atoms with Gasteiger partial charge in [0, 0.05) is 19.7 Å². The SMILES string of the molecule is CCN(C)C(=O)C(C)NC(=O)c1ccc(=O)[nH]n1. The van der Waals surface area contributed by atoms with Crippen LogP contribution in [-0.4, -0.2) is 46.5 Å². The van der Waals surface area contributed by atoms with Gasteiger partial charge >= 0.3 is 0 Å². The molecule has 7 nitrogen and oxygen atoms in total. The summed E-state index contributed by atoms with van der Waals surface area (Å²) in [4.78, 5) is 35.7. The van der Waals surface area contributed by atoms with Crippen LogP contribution in [0.3, 0.4) is 0 Å². The van der Waals surface area contributed by atoms with Crippen molar-refractivity contribution in [3.8, 4) is 0 Å². The predicted octanol–water partition coefficient (Wildman–Crippen LogP) is -0.633. The summed E-state index contributed by atoms with van der Waals surface area (Å²) in [5, 5.41) is 8.25. The summed E-state index contributed by atoms with van der Waals surface area (Å²) in [7, 11) is 1.66. The molecule has 0 saturated heterocycles. The van der Waals surface area contributed by atoms with E-state index in [4.69, 9.17) is 0 Å². The maximum absolute atomic E-state index is 11.7. The number of rotatable bonds is 4. The number of amides is 2. The van der Waals surface area contributed by atoms with Gasteiger partial charge in [-0.2, -0.15) is 5.10 Å². The van der Waals surface area contributed by atoms with Crippen LogP contribution in [-0.2, 0) is 4.79 Å². The molecule has 18 heavy (non-hydrogen) atoms. The van der Waals surface area contributed by atoms with E-state index < -0.39 is 11.9 Å². The highest BCUT2D eigenvalue weighted by Gasteiger charge is 2.19. The van der Waals surface area contributed by atoms with Crippen LogP contribution in [0.15, 0.2) is 16.9 Å². The first-order valence-corrected chi connectivity index (χ1v) is 5.57. The van der Waals surface area contributed by atoms with Crippen molar-refractivity contribution in [3.05, 3.63) is 28.2 Å². The Balaban J connectivity index is 2.67. The van der Waals surface area contributed by atoms with E-state index in [1.165, 1.54) is 17.0 Å². The maximum Gasteiger partial charge on any atom is 0.272 e. The minimum absolute atomic E-state index is 0.0633. The van der Waals surface area contributed by atoms with E-state index in [1.54, 1.807) is 14.0 Å². The van der Waals surface area contributed by atoms with Gasteiger partial charge in [-0.25, -0.2) is 5.10 Å². The van der Waals surface area contributed by atoms with Gasteiger partial charge in [0.2, 0.25) is 5.91 Å². The minimum Gasteiger partial charge on any atom is -0.344 e. The molecule has 1 atom stereocenters. The van der Waals surface area contributed by atoms with E-state index in [-0.39, 0.29) is 17.2 Å². The second kappa shape index (κ2) is 5.95. The number of nitrogens with one attached hydrogen (secondary N) is 2. The van der Waals surface area contributed by atoms with Crippen molar-refractivity contribution in [1.82, 2.24) is 20.4 Å².